The maximum atomic E-state index is 12.1. The first kappa shape index (κ1) is 15.7. The molecule has 0 unspecified atom stereocenters. The van der Waals surface area contributed by atoms with E-state index in [0.29, 0.717) is 16.9 Å². The normalized spacial score (nSPS) is 10.3. The summed E-state index contributed by atoms with van der Waals surface area (Å²) in [6, 6.07) is 14.0. The molecule has 0 radical (unpaired) electrons. The van der Waals surface area contributed by atoms with Gasteiger partial charge in [0.1, 0.15) is 17.7 Å². The van der Waals surface area contributed by atoms with Crippen molar-refractivity contribution in [2.45, 2.75) is 6.92 Å². The van der Waals surface area contributed by atoms with Crippen molar-refractivity contribution in [2.75, 3.05) is 10.6 Å². The van der Waals surface area contributed by atoms with Crippen molar-refractivity contribution in [3.63, 3.8) is 0 Å². The Balaban J connectivity index is 2.12. The molecule has 0 bridgehead atoms. The van der Waals surface area contributed by atoms with Gasteiger partial charge in [0, 0.05) is 11.9 Å². The number of aromatic nitrogens is 1. The molecule has 0 aliphatic heterocycles. The molecule has 0 aliphatic rings. The molecule has 0 atom stereocenters. The molecule has 1 aromatic carbocycles. The summed E-state index contributed by atoms with van der Waals surface area (Å²) in [4.78, 5) is 16.2. The van der Waals surface area contributed by atoms with E-state index >= 15 is 0 Å². The van der Waals surface area contributed by atoms with E-state index in [2.05, 4.69) is 15.6 Å². The highest BCUT2D eigenvalue weighted by atomic mass is 16.1. The minimum Gasteiger partial charge on any atom is -0.359 e. The summed E-state index contributed by atoms with van der Waals surface area (Å²) in [7, 11) is 0. The van der Waals surface area contributed by atoms with Crippen LogP contribution in [-0.4, -0.2) is 10.9 Å². The zero-order valence-corrected chi connectivity index (χ0v) is 12.4. The number of para-hydroxylation sites is 1. The Kier molecular flexibility index (Phi) is 5.06. The van der Waals surface area contributed by atoms with E-state index in [-0.39, 0.29) is 5.57 Å². The second-order valence-corrected chi connectivity index (χ2v) is 4.61. The van der Waals surface area contributed by atoms with Crippen LogP contribution < -0.4 is 10.6 Å². The molecule has 6 heteroatoms. The second-order valence-electron chi connectivity index (χ2n) is 4.61. The molecule has 1 heterocycles. The Hall–Kier alpha value is -3.64. The van der Waals surface area contributed by atoms with Crippen molar-refractivity contribution in [1.29, 1.82) is 10.5 Å². The number of pyridine rings is 1. The van der Waals surface area contributed by atoms with E-state index in [1.807, 2.05) is 25.1 Å². The number of hydrogen-bond acceptors (Lipinski definition) is 5. The van der Waals surface area contributed by atoms with Crippen LogP contribution in [0.25, 0.3) is 0 Å². The van der Waals surface area contributed by atoms with Gasteiger partial charge in [-0.2, -0.15) is 10.5 Å². The molecule has 23 heavy (non-hydrogen) atoms. The maximum absolute atomic E-state index is 12.1. The molecule has 112 valence electrons. The average molecular weight is 303 g/mol. The lowest BCUT2D eigenvalue weighted by Gasteiger charge is -2.06. The van der Waals surface area contributed by atoms with Crippen LogP contribution in [0.3, 0.4) is 0 Å². The predicted molar refractivity (Wildman–Crippen MR) is 86.1 cm³/mol. The summed E-state index contributed by atoms with van der Waals surface area (Å²) in [5.41, 5.74) is 2.10. The number of carbonyl (C=O) groups is 1. The molecule has 1 aromatic heterocycles. The van der Waals surface area contributed by atoms with E-state index < -0.39 is 5.91 Å². The minimum atomic E-state index is -0.595. The second kappa shape index (κ2) is 7.39. The van der Waals surface area contributed by atoms with Crippen LogP contribution in [-0.2, 0) is 4.79 Å². The lowest BCUT2D eigenvalue weighted by Crippen LogP contribution is -2.15. The SMILES string of the molecule is Cc1ccc(N/C=C(/C#N)C(=O)Nc2ccccc2C#N)cn1. The number of carbonyl (C=O) groups excluding carboxylic acids is 1. The molecule has 1 amide bonds. The van der Waals surface area contributed by atoms with Gasteiger partial charge in [-0.3, -0.25) is 9.78 Å². The topological polar surface area (TPSA) is 102 Å². The standard InChI is InChI=1S/C17H13N5O/c1-12-6-7-15(11-20-12)21-10-14(9-19)17(23)22-16-5-3-2-4-13(16)8-18/h2-7,10-11,21H,1H3,(H,22,23)/b14-10-. The van der Waals surface area contributed by atoms with Gasteiger partial charge in [-0.15, -0.1) is 0 Å². The Morgan fingerprint density at radius 1 is 1.22 bits per heavy atom. The van der Waals surface area contributed by atoms with E-state index in [4.69, 9.17) is 10.5 Å². The van der Waals surface area contributed by atoms with Crippen molar-refractivity contribution in [3.8, 4) is 12.1 Å². The fourth-order valence-electron chi connectivity index (χ4n) is 1.74. The van der Waals surface area contributed by atoms with Gasteiger partial charge in [0.2, 0.25) is 0 Å². The third kappa shape index (κ3) is 4.16. The van der Waals surface area contributed by atoms with Gasteiger partial charge in [0.25, 0.3) is 5.91 Å². The van der Waals surface area contributed by atoms with Gasteiger partial charge in [-0.05, 0) is 31.2 Å². The Morgan fingerprint density at radius 3 is 2.65 bits per heavy atom. The van der Waals surface area contributed by atoms with E-state index in [1.54, 1.807) is 36.5 Å². The number of amides is 1. The number of nitriles is 2. The summed E-state index contributed by atoms with van der Waals surface area (Å²) < 4.78 is 0. The Bertz CT molecular complexity index is 825. The summed E-state index contributed by atoms with van der Waals surface area (Å²) in [5.74, 6) is -0.595. The lowest BCUT2D eigenvalue weighted by molar-refractivity contribution is -0.112. The molecule has 0 fully saturated rings. The number of aryl methyl sites for hydroxylation is 1. The first-order valence-electron chi connectivity index (χ1n) is 6.74. The van der Waals surface area contributed by atoms with Gasteiger partial charge in [-0.1, -0.05) is 12.1 Å². The largest absolute Gasteiger partial charge is 0.359 e. The minimum absolute atomic E-state index is 0.113. The fourth-order valence-corrected chi connectivity index (χ4v) is 1.74. The summed E-state index contributed by atoms with van der Waals surface area (Å²) in [5, 5.41) is 23.5. The highest BCUT2D eigenvalue weighted by Gasteiger charge is 2.11. The lowest BCUT2D eigenvalue weighted by atomic mass is 10.2. The van der Waals surface area contributed by atoms with Crippen molar-refractivity contribution in [2.24, 2.45) is 0 Å². The molecule has 6 nitrogen and oxygen atoms in total. The van der Waals surface area contributed by atoms with Gasteiger partial charge in [-0.25, -0.2) is 0 Å². The molecule has 2 N–H and O–H groups in total. The first-order chi connectivity index (χ1) is 11.1. The van der Waals surface area contributed by atoms with Crippen LogP contribution in [0, 0.1) is 29.6 Å². The molecule has 0 saturated carbocycles. The molecule has 0 aliphatic carbocycles. The zero-order chi connectivity index (χ0) is 16.7. The predicted octanol–water partition coefficient (Wildman–Crippen LogP) is 2.72. The van der Waals surface area contributed by atoms with Crippen LogP contribution in [0.4, 0.5) is 11.4 Å². The van der Waals surface area contributed by atoms with Crippen molar-refractivity contribution < 1.29 is 4.79 Å². The number of hydrogen-bond donors (Lipinski definition) is 2. The average Bonchev–Trinajstić information content (AvgIpc) is 2.57. The van der Waals surface area contributed by atoms with Gasteiger partial charge < -0.3 is 10.6 Å². The third-order valence-corrected chi connectivity index (χ3v) is 2.96. The van der Waals surface area contributed by atoms with Crippen molar-refractivity contribution in [3.05, 3.63) is 65.6 Å². The molecular weight excluding hydrogens is 290 g/mol. The number of benzene rings is 1. The van der Waals surface area contributed by atoms with Crippen LogP contribution in [0.15, 0.2) is 54.4 Å². The van der Waals surface area contributed by atoms with Gasteiger partial charge in [0.05, 0.1) is 23.1 Å². The highest BCUT2D eigenvalue weighted by Crippen LogP contribution is 2.14. The van der Waals surface area contributed by atoms with Gasteiger partial charge in [0.15, 0.2) is 0 Å². The van der Waals surface area contributed by atoms with Gasteiger partial charge >= 0.3 is 0 Å². The van der Waals surface area contributed by atoms with Crippen LogP contribution in [0.1, 0.15) is 11.3 Å². The molecular formula is C17H13N5O. The molecule has 2 rings (SSSR count). The van der Waals surface area contributed by atoms with Crippen LogP contribution >= 0.6 is 0 Å². The fraction of sp³-hybridized carbons (Fsp3) is 0.0588. The zero-order valence-electron chi connectivity index (χ0n) is 12.4. The molecule has 2 aromatic rings. The summed E-state index contributed by atoms with van der Waals surface area (Å²) in [6.45, 7) is 1.86. The molecule has 0 spiro atoms. The molecule has 0 saturated heterocycles. The van der Waals surface area contributed by atoms with Crippen LogP contribution in [0.5, 0.6) is 0 Å². The summed E-state index contributed by atoms with van der Waals surface area (Å²) >= 11 is 0. The monoisotopic (exact) mass is 303 g/mol. The quantitative estimate of drug-likeness (QED) is 0.668. The number of nitrogens with zero attached hydrogens (tertiary/aromatic N) is 3. The smallest absolute Gasteiger partial charge is 0.267 e. The number of anilines is 2. The Labute approximate surface area is 133 Å². The highest BCUT2D eigenvalue weighted by molar-refractivity contribution is 6.07. The van der Waals surface area contributed by atoms with Crippen molar-refractivity contribution in [1.82, 2.24) is 4.98 Å². The van der Waals surface area contributed by atoms with E-state index in [9.17, 15) is 4.79 Å². The first-order valence-corrected chi connectivity index (χ1v) is 6.74. The summed E-state index contributed by atoms with van der Waals surface area (Å²) in [6.07, 6.45) is 2.90. The Morgan fingerprint density at radius 2 is 2.00 bits per heavy atom. The third-order valence-electron chi connectivity index (χ3n) is 2.96. The van der Waals surface area contributed by atoms with E-state index in [1.165, 1.54) is 6.20 Å². The number of nitrogens with one attached hydrogen (secondary N) is 2. The van der Waals surface area contributed by atoms with Crippen molar-refractivity contribution >= 4 is 17.3 Å². The van der Waals surface area contributed by atoms with Crippen LogP contribution in [0.2, 0.25) is 0 Å². The van der Waals surface area contributed by atoms with E-state index in [0.717, 1.165) is 5.69 Å². The maximum Gasteiger partial charge on any atom is 0.267 e. The number of rotatable bonds is 4.